The third kappa shape index (κ3) is 4.31. The van der Waals surface area contributed by atoms with Gasteiger partial charge in [0.05, 0.1) is 0 Å². The van der Waals surface area contributed by atoms with Gasteiger partial charge in [0.1, 0.15) is 0 Å². The molecule has 0 aliphatic rings. The van der Waals surface area contributed by atoms with Gasteiger partial charge in [-0.1, -0.05) is 36.7 Å². The summed E-state index contributed by atoms with van der Waals surface area (Å²) in [4.78, 5) is 16.2. The van der Waals surface area contributed by atoms with E-state index in [4.69, 9.17) is 16.1 Å². The van der Waals surface area contributed by atoms with E-state index >= 15 is 0 Å². The highest BCUT2D eigenvalue weighted by atomic mass is 35.5. The summed E-state index contributed by atoms with van der Waals surface area (Å²) in [6.07, 6.45) is 1.65. The van der Waals surface area contributed by atoms with Crippen LogP contribution in [-0.2, 0) is 11.2 Å². The number of nitrogens with one attached hydrogen (secondary N) is 1. The van der Waals surface area contributed by atoms with Crippen LogP contribution in [0.5, 0.6) is 0 Å². The lowest BCUT2D eigenvalue weighted by Crippen LogP contribution is -2.12. The summed E-state index contributed by atoms with van der Waals surface area (Å²) < 4.78 is 5.15. The number of nitrogens with zero attached hydrogens (tertiary/aromatic N) is 2. The van der Waals surface area contributed by atoms with Gasteiger partial charge in [-0.2, -0.15) is 4.98 Å². The molecule has 0 bridgehead atoms. The molecule has 0 saturated heterocycles. The maximum Gasteiger partial charge on any atom is 0.226 e. The quantitative estimate of drug-likeness (QED) is 0.869. The fourth-order valence-corrected chi connectivity index (χ4v) is 2.13. The average Bonchev–Trinajstić information content (AvgIpc) is 2.93. The molecule has 1 aromatic carbocycles. The summed E-state index contributed by atoms with van der Waals surface area (Å²) in [5.74, 6) is 1.48. The summed E-state index contributed by atoms with van der Waals surface area (Å²) in [6, 6.07) is 5.46. The number of amides is 1. The van der Waals surface area contributed by atoms with E-state index in [-0.39, 0.29) is 11.8 Å². The molecule has 2 aromatic rings. The van der Waals surface area contributed by atoms with Crippen molar-refractivity contribution in [2.24, 2.45) is 0 Å². The molecule has 0 radical (unpaired) electrons. The third-order valence-electron chi connectivity index (χ3n) is 3.34. The van der Waals surface area contributed by atoms with Crippen LogP contribution in [0.4, 0.5) is 5.69 Å². The molecule has 6 heteroatoms. The van der Waals surface area contributed by atoms with Gasteiger partial charge in [0, 0.05) is 29.5 Å². The maximum absolute atomic E-state index is 12.0. The summed E-state index contributed by atoms with van der Waals surface area (Å²) in [5.41, 5.74) is 1.62. The smallest absolute Gasteiger partial charge is 0.226 e. The number of carbonyl (C=O) groups is 1. The fourth-order valence-electron chi connectivity index (χ4n) is 1.96. The minimum Gasteiger partial charge on any atom is -0.339 e. The summed E-state index contributed by atoms with van der Waals surface area (Å²) in [5, 5.41) is 7.42. The van der Waals surface area contributed by atoms with Gasteiger partial charge in [-0.15, -0.1) is 0 Å². The summed E-state index contributed by atoms with van der Waals surface area (Å²) >= 11 is 6.03. The molecule has 1 amide bonds. The zero-order valence-electron chi connectivity index (χ0n) is 13.0. The Labute approximate surface area is 135 Å². The number of hydrogen-bond acceptors (Lipinski definition) is 4. The van der Waals surface area contributed by atoms with E-state index in [1.165, 1.54) is 0 Å². The lowest BCUT2D eigenvalue weighted by molar-refractivity contribution is -0.116. The average molecular weight is 322 g/mol. The second-order valence-electron chi connectivity index (χ2n) is 5.52. The van der Waals surface area contributed by atoms with Crippen LogP contribution in [0, 0.1) is 6.92 Å². The second kappa shape index (κ2) is 7.40. The number of aryl methyl sites for hydroxylation is 1. The highest BCUT2D eigenvalue weighted by Crippen LogP contribution is 2.23. The van der Waals surface area contributed by atoms with Crippen LogP contribution in [-0.4, -0.2) is 16.0 Å². The highest BCUT2D eigenvalue weighted by molar-refractivity contribution is 6.31. The Balaban J connectivity index is 1.81. The Morgan fingerprint density at radius 3 is 2.86 bits per heavy atom. The topological polar surface area (TPSA) is 68.0 Å². The van der Waals surface area contributed by atoms with Gasteiger partial charge in [-0.25, -0.2) is 0 Å². The molecule has 5 nitrogen and oxygen atoms in total. The SMILES string of the molecule is Cc1c(Cl)cccc1NC(=O)CCCc1nc(C(C)C)no1. The lowest BCUT2D eigenvalue weighted by atomic mass is 10.2. The van der Waals surface area contributed by atoms with E-state index < -0.39 is 0 Å². The predicted molar refractivity (Wildman–Crippen MR) is 86.1 cm³/mol. The Morgan fingerprint density at radius 1 is 1.41 bits per heavy atom. The van der Waals surface area contributed by atoms with Gasteiger partial charge in [0.2, 0.25) is 11.8 Å². The van der Waals surface area contributed by atoms with Crippen LogP contribution in [0.2, 0.25) is 5.02 Å². The molecular weight excluding hydrogens is 302 g/mol. The zero-order chi connectivity index (χ0) is 16.1. The highest BCUT2D eigenvalue weighted by Gasteiger charge is 2.11. The van der Waals surface area contributed by atoms with Gasteiger partial charge in [-0.05, 0) is 31.0 Å². The number of anilines is 1. The van der Waals surface area contributed by atoms with Crippen molar-refractivity contribution in [3.05, 3.63) is 40.5 Å². The molecule has 0 unspecified atom stereocenters. The molecule has 1 N–H and O–H groups in total. The minimum atomic E-state index is -0.0473. The molecule has 1 aromatic heterocycles. The molecule has 118 valence electrons. The molecular formula is C16H20ClN3O2. The van der Waals surface area contributed by atoms with Gasteiger partial charge in [-0.3, -0.25) is 4.79 Å². The molecule has 0 saturated carbocycles. The number of carbonyl (C=O) groups excluding carboxylic acids is 1. The first-order chi connectivity index (χ1) is 10.5. The van der Waals surface area contributed by atoms with E-state index in [1.807, 2.05) is 32.9 Å². The number of aromatic nitrogens is 2. The molecule has 2 rings (SSSR count). The van der Waals surface area contributed by atoms with E-state index in [0.29, 0.717) is 36.0 Å². The van der Waals surface area contributed by atoms with Crippen LogP contribution in [0.15, 0.2) is 22.7 Å². The Hall–Kier alpha value is -1.88. The van der Waals surface area contributed by atoms with Gasteiger partial charge >= 0.3 is 0 Å². The molecule has 0 atom stereocenters. The van der Waals surface area contributed by atoms with Crippen molar-refractivity contribution in [1.82, 2.24) is 10.1 Å². The van der Waals surface area contributed by atoms with Crippen molar-refractivity contribution < 1.29 is 9.32 Å². The Bertz CT molecular complexity index is 653. The van der Waals surface area contributed by atoms with E-state index in [9.17, 15) is 4.79 Å². The Morgan fingerprint density at radius 2 is 2.18 bits per heavy atom. The first-order valence-corrected chi connectivity index (χ1v) is 7.72. The predicted octanol–water partition coefficient (Wildman–Crippen LogP) is 4.12. The van der Waals surface area contributed by atoms with E-state index in [2.05, 4.69) is 15.5 Å². The van der Waals surface area contributed by atoms with Crippen LogP contribution in [0.1, 0.15) is 49.9 Å². The second-order valence-corrected chi connectivity index (χ2v) is 5.92. The third-order valence-corrected chi connectivity index (χ3v) is 3.75. The number of hydrogen-bond donors (Lipinski definition) is 1. The number of rotatable bonds is 6. The van der Waals surface area contributed by atoms with Crippen molar-refractivity contribution in [3.8, 4) is 0 Å². The van der Waals surface area contributed by atoms with Crippen LogP contribution in [0.25, 0.3) is 0 Å². The van der Waals surface area contributed by atoms with Crippen molar-refractivity contribution in [2.75, 3.05) is 5.32 Å². The molecule has 1 heterocycles. The van der Waals surface area contributed by atoms with Crippen molar-refractivity contribution in [1.29, 1.82) is 0 Å². The fraction of sp³-hybridized carbons (Fsp3) is 0.438. The molecule has 0 fully saturated rings. The first kappa shape index (κ1) is 16.5. The largest absolute Gasteiger partial charge is 0.339 e. The normalized spacial score (nSPS) is 11.0. The molecule has 0 spiro atoms. The van der Waals surface area contributed by atoms with Gasteiger partial charge < -0.3 is 9.84 Å². The van der Waals surface area contributed by atoms with Crippen LogP contribution in [0.3, 0.4) is 0 Å². The lowest BCUT2D eigenvalue weighted by Gasteiger charge is -2.09. The molecule has 22 heavy (non-hydrogen) atoms. The van der Waals surface area contributed by atoms with Crippen molar-refractivity contribution in [3.63, 3.8) is 0 Å². The monoisotopic (exact) mass is 321 g/mol. The van der Waals surface area contributed by atoms with Crippen molar-refractivity contribution >= 4 is 23.2 Å². The van der Waals surface area contributed by atoms with Crippen molar-refractivity contribution in [2.45, 2.75) is 46.0 Å². The zero-order valence-corrected chi connectivity index (χ0v) is 13.8. The van der Waals surface area contributed by atoms with Gasteiger partial charge in [0.15, 0.2) is 5.82 Å². The number of benzene rings is 1. The Kier molecular flexibility index (Phi) is 5.55. The molecule has 0 aliphatic heterocycles. The number of halogens is 1. The van der Waals surface area contributed by atoms with Crippen LogP contribution < -0.4 is 5.32 Å². The van der Waals surface area contributed by atoms with Gasteiger partial charge in [0.25, 0.3) is 0 Å². The first-order valence-electron chi connectivity index (χ1n) is 7.35. The van der Waals surface area contributed by atoms with Crippen LogP contribution >= 0.6 is 11.6 Å². The summed E-state index contributed by atoms with van der Waals surface area (Å²) in [7, 11) is 0. The molecule has 0 aliphatic carbocycles. The standard InChI is InChI=1S/C16H20ClN3O2/c1-10(2)16-19-15(22-20-16)9-5-8-14(21)18-13-7-4-6-12(17)11(13)3/h4,6-7,10H,5,8-9H2,1-3H3,(H,18,21). The summed E-state index contributed by atoms with van der Waals surface area (Å²) in [6.45, 7) is 5.90. The maximum atomic E-state index is 12.0. The minimum absolute atomic E-state index is 0.0473. The van der Waals surface area contributed by atoms with E-state index in [1.54, 1.807) is 6.07 Å². The van der Waals surface area contributed by atoms with E-state index in [0.717, 1.165) is 11.3 Å².